The molecule has 0 rings (SSSR count). The molecule has 0 spiro atoms. The van der Waals surface area contributed by atoms with Gasteiger partial charge in [0.1, 0.15) is 0 Å². The van der Waals surface area contributed by atoms with Gasteiger partial charge in [-0.3, -0.25) is 0 Å². The summed E-state index contributed by atoms with van der Waals surface area (Å²) in [6, 6.07) is 0.511. The molecule has 0 aliphatic carbocycles. The maximum Gasteiger partial charge on any atom is 0.0280 e. The van der Waals surface area contributed by atoms with Crippen LogP contribution in [0.2, 0.25) is 0 Å². The summed E-state index contributed by atoms with van der Waals surface area (Å²) in [6.45, 7) is 11.7. The minimum Gasteiger partial charge on any atom is -0.329 e. The highest BCUT2D eigenvalue weighted by molar-refractivity contribution is 4.86. The summed E-state index contributed by atoms with van der Waals surface area (Å²) in [6.07, 6.45) is 1.14. The van der Waals surface area contributed by atoms with Gasteiger partial charge < -0.3 is 11.1 Å². The Morgan fingerprint density at radius 1 is 1.25 bits per heavy atom. The summed E-state index contributed by atoms with van der Waals surface area (Å²) in [5.74, 6) is 0.699. The van der Waals surface area contributed by atoms with Gasteiger partial charge in [-0.15, -0.1) is 0 Å². The minimum absolute atomic E-state index is 0.113. The lowest BCUT2D eigenvalue weighted by Gasteiger charge is -2.33. The van der Waals surface area contributed by atoms with Crippen molar-refractivity contribution in [2.24, 2.45) is 11.7 Å². The van der Waals surface area contributed by atoms with Crippen LogP contribution in [0.15, 0.2) is 0 Å². The molecule has 0 saturated carbocycles. The van der Waals surface area contributed by atoms with Crippen LogP contribution in [0.25, 0.3) is 0 Å². The summed E-state index contributed by atoms with van der Waals surface area (Å²) < 4.78 is 0. The van der Waals surface area contributed by atoms with Crippen LogP contribution >= 0.6 is 0 Å². The van der Waals surface area contributed by atoms with Gasteiger partial charge >= 0.3 is 0 Å². The van der Waals surface area contributed by atoms with Crippen LogP contribution in [0.4, 0.5) is 0 Å². The first-order valence-electron chi connectivity index (χ1n) is 4.87. The zero-order valence-corrected chi connectivity index (χ0v) is 9.15. The maximum atomic E-state index is 5.74. The third-order valence-corrected chi connectivity index (χ3v) is 1.95. The van der Waals surface area contributed by atoms with E-state index in [1.807, 2.05) is 0 Å². The summed E-state index contributed by atoms with van der Waals surface area (Å²) in [5, 5.41) is 3.51. The molecule has 0 aromatic carbocycles. The monoisotopic (exact) mass is 172 g/mol. The van der Waals surface area contributed by atoms with E-state index in [-0.39, 0.29) is 5.54 Å². The first kappa shape index (κ1) is 11.9. The van der Waals surface area contributed by atoms with Crippen molar-refractivity contribution in [2.75, 3.05) is 6.54 Å². The molecule has 12 heavy (non-hydrogen) atoms. The van der Waals surface area contributed by atoms with Gasteiger partial charge in [-0.2, -0.15) is 0 Å². The van der Waals surface area contributed by atoms with Crippen LogP contribution in [0.3, 0.4) is 0 Å². The van der Waals surface area contributed by atoms with E-state index in [2.05, 4.69) is 39.9 Å². The Hall–Kier alpha value is -0.0800. The van der Waals surface area contributed by atoms with Crippen molar-refractivity contribution in [3.8, 4) is 0 Å². The maximum absolute atomic E-state index is 5.74. The number of nitrogens with two attached hydrogens (primary N) is 1. The predicted octanol–water partition coefficient (Wildman–Crippen LogP) is 1.75. The average molecular weight is 172 g/mol. The molecule has 0 radical (unpaired) electrons. The van der Waals surface area contributed by atoms with Crippen molar-refractivity contribution in [3.05, 3.63) is 0 Å². The number of rotatable bonds is 5. The Morgan fingerprint density at radius 3 is 2.00 bits per heavy atom. The molecule has 0 fully saturated rings. The van der Waals surface area contributed by atoms with E-state index in [4.69, 9.17) is 5.73 Å². The lowest BCUT2D eigenvalue weighted by molar-refractivity contribution is 0.279. The summed E-state index contributed by atoms with van der Waals surface area (Å²) in [7, 11) is 0. The van der Waals surface area contributed by atoms with Gasteiger partial charge in [0.15, 0.2) is 0 Å². The van der Waals surface area contributed by atoms with Crippen LogP contribution in [0, 0.1) is 5.92 Å². The van der Waals surface area contributed by atoms with Crippen molar-refractivity contribution in [1.82, 2.24) is 5.32 Å². The third kappa shape index (κ3) is 4.73. The quantitative estimate of drug-likeness (QED) is 0.663. The molecule has 0 amide bonds. The molecule has 1 unspecified atom stereocenters. The lowest BCUT2D eigenvalue weighted by Crippen LogP contribution is -2.52. The zero-order valence-electron chi connectivity index (χ0n) is 9.15. The predicted molar refractivity (Wildman–Crippen MR) is 55.2 cm³/mol. The largest absolute Gasteiger partial charge is 0.329 e. The van der Waals surface area contributed by atoms with Crippen molar-refractivity contribution in [1.29, 1.82) is 0 Å². The molecule has 0 aliphatic heterocycles. The van der Waals surface area contributed by atoms with Gasteiger partial charge in [-0.05, 0) is 19.3 Å². The molecule has 0 saturated heterocycles. The Balaban J connectivity index is 4.04. The standard InChI is InChI=1S/C10H24N2/c1-8(2)6-10(5,7-11)12-9(3)4/h8-9,12H,6-7,11H2,1-5H3. The molecule has 1 atom stereocenters. The topological polar surface area (TPSA) is 38.0 Å². The van der Waals surface area contributed by atoms with Gasteiger partial charge in [-0.1, -0.05) is 27.7 Å². The molecule has 0 aromatic rings. The first-order chi connectivity index (χ1) is 5.39. The molecule has 2 nitrogen and oxygen atoms in total. The van der Waals surface area contributed by atoms with Gasteiger partial charge in [0.2, 0.25) is 0 Å². The number of hydrogen-bond acceptors (Lipinski definition) is 2. The van der Waals surface area contributed by atoms with Gasteiger partial charge in [-0.25, -0.2) is 0 Å². The van der Waals surface area contributed by atoms with Crippen molar-refractivity contribution in [2.45, 2.75) is 52.6 Å². The Labute approximate surface area is 76.9 Å². The van der Waals surface area contributed by atoms with Crippen LogP contribution in [-0.4, -0.2) is 18.1 Å². The van der Waals surface area contributed by atoms with E-state index in [1.165, 1.54) is 0 Å². The normalized spacial score (nSPS) is 17.0. The SMILES string of the molecule is CC(C)CC(C)(CN)NC(C)C. The second-order valence-electron chi connectivity index (χ2n) is 4.66. The fourth-order valence-electron chi connectivity index (χ4n) is 1.80. The summed E-state index contributed by atoms with van der Waals surface area (Å²) >= 11 is 0. The molecular weight excluding hydrogens is 148 g/mol. The summed E-state index contributed by atoms with van der Waals surface area (Å²) in [5.41, 5.74) is 5.85. The minimum atomic E-state index is 0.113. The first-order valence-corrected chi connectivity index (χ1v) is 4.87. The van der Waals surface area contributed by atoms with E-state index in [9.17, 15) is 0 Å². The third-order valence-electron chi connectivity index (χ3n) is 1.95. The second-order valence-corrected chi connectivity index (χ2v) is 4.66. The van der Waals surface area contributed by atoms with Crippen LogP contribution in [0.1, 0.15) is 41.0 Å². The van der Waals surface area contributed by atoms with Gasteiger partial charge in [0, 0.05) is 18.1 Å². The van der Waals surface area contributed by atoms with Crippen molar-refractivity contribution in [3.63, 3.8) is 0 Å². The van der Waals surface area contributed by atoms with Gasteiger partial charge in [0.05, 0.1) is 0 Å². The van der Waals surface area contributed by atoms with Crippen molar-refractivity contribution < 1.29 is 0 Å². The van der Waals surface area contributed by atoms with E-state index >= 15 is 0 Å². The highest BCUT2D eigenvalue weighted by Crippen LogP contribution is 2.15. The fraction of sp³-hybridized carbons (Fsp3) is 1.00. The van der Waals surface area contributed by atoms with E-state index < -0.39 is 0 Å². The highest BCUT2D eigenvalue weighted by atomic mass is 15.0. The Morgan fingerprint density at radius 2 is 1.75 bits per heavy atom. The zero-order chi connectivity index (χ0) is 9.78. The van der Waals surface area contributed by atoms with Crippen LogP contribution in [-0.2, 0) is 0 Å². The molecule has 2 heteroatoms. The molecule has 0 aliphatic rings. The molecular formula is C10H24N2. The van der Waals surface area contributed by atoms with Gasteiger partial charge in [0.25, 0.3) is 0 Å². The fourth-order valence-corrected chi connectivity index (χ4v) is 1.80. The van der Waals surface area contributed by atoms with Crippen LogP contribution < -0.4 is 11.1 Å². The second kappa shape index (κ2) is 4.83. The molecule has 0 aromatic heterocycles. The Bertz CT molecular complexity index is 109. The van der Waals surface area contributed by atoms with Crippen molar-refractivity contribution >= 4 is 0 Å². The van der Waals surface area contributed by atoms with Crippen LogP contribution in [0.5, 0.6) is 0 Å². The number of nitrogens with one attached hydrogen (secondary N) is 1. The molecule has 74 valence electrons. The lowest BCUT2D eigenvalue weighted by atomic mass is 9.90. The van der Waals surface area contributed by atoms with E-state index in [1.54, 1.807) is 0 Å². The number of hydrogen-bond donors (Lipinski definition) is 2. The molecule has 0 bridgehead atoms. The smallest absolute Gasteiger partial charge is 0.0280 e. The average Bonchev–Trinajstić information content (AvgIpc) is 1.83. The van der Waals surface area contributed by atoms with E-state index in [0.29, 0.717) is 18.5 Å². The summed E-state index contributed by atoms with van der Waals surface area (Å²) in [4.78, 5) is 0. The molecule has 0 heterocycles. The Kier molecular flexibility index (Phi) is 4.80. The van der Waals surface area contributed by atoms with E-state index in [0.717, 1.165) is 6.42 Å². The highest BCUT2D eigenvalue weighted by Gasteiger charge is 2.23. The molecule has 3 N–H and O–H groups in total.